The molecule has 1 aromatic carbocycles. The number of para-hydroxylation sites is 2. The van der Waals surface area contributed by atoms with E-state index in [1.807, 2.05) is 24.3 Å². The second kappa shape index (κ2) is 3.34. The third-order valence-electron chi connectivity index (χ3n) is 3.37. The van der Waals surface area contributed by atoms with Gasteiger partial charge in [-0.3, -0.25) is 0 Å². The van der Waals surface area contributed by atoms with E-state index in [0.717, 1.165) is 42.5 Å². The molecule has 1 saturated carbocycles. The summed E-state index contributed by atoms with van der Waals surface area (Å²) >= 11 is 0. The van der Waals surface area contributed by atoms with Crippen molar-refractivity contribution < 1.29 is 0 Å². The minimum atomic E-state index is -0.0288. The van der Waals surface area contributed by atoms with Gasteiger partial charge in [-0.25, -0.2) is 4.98 Å². The number of aromatic nitrogens is 2. The number of rotatable bonds is 3. The highest BCUT2D eigenvalue weighted by Crippen LogP contribution is 2.48. The summed E-state index contributed by atoms with van der Waals surface area (Å²) in [5.74, 6) is 1.00. The number of fused-ring (bicyclic) bond motifs is 1. The molecule has 1 N–H and O–H groups in total. The fraction of sp³-hybridized carbons (Fsp3) is 0.385. The summed E-state index contributed by atoms with van der Waals surface area (Å²) in [7, 11) is 0. The highest BCUT2D eigenvalue weighted by atomic mass is 14.9. The fourth-order valence-corrected chi connectivity index (χ4v) is 2.05. The van der Waals surface area contributed by atoms with Gasteiger partial charge in [-0.1, -0.05) is 12.1 Å². The third-order valence-corrected chi connectivity index (χ3v) is 3.37. The van der Waals surface area contributed by atoms with Gasteiger partial charge >= 0.3 is 0 Å². The molecule has 1 fully saturated rings. The van der Waals surface area contributed by atoms with Gasteiger partial charge in [0, 0.05) is 6.42 Å². The van der Waals surface area contributed by atoms with Gasteiger partial charge in [-0.15, -0.1) is 0 Å². The van der Waals surface area contributed by atoms with E-state index in [4.69, 9.17) is 5.26 Å². The number of hydrogen-bond acceptors (Lipinski definition) is 2. The van der Waals surface area contributed by atoms with Crippen LogP contribution in [-0.2, 0) is 6.42 Å². The molecule has 0 spiro atoms. The van der Waals surface area contributed by atoms with Crippen molar-refractivity contribution in [2.75, 3.05) is 0 Å². The number of aryl methyl sites for hydroxylation is 1. The standard InChI is InChI=1S/C13H13N3/c14-9-13(7-8-13)6-5-12-15-10-3-1-2-4-11(10)16-12/h1-4H,5-8H2,(H,15,16). The summed E-state index contributed by atoms with van der Waals surface area (Å²) in [6, 6.07) is 10.4. The monoisotopic (exact) mass is 211 g/mol. The first-order valence-corrected chi connectivity index (χ1v) is 5.66. The molecular weight excluding hydrogens is 198 g/mol. The van der Waals surface area contributed by atoms with Crippen LogP contribution in [0.3, 0.4) is 0 Å². The van der Waals surface area contributed by atoms with Crippen LogP contribution in [0.5, 0.6) is 0 Å². The Kier molecular flexibility index (Phi) is 1.97. The van der Waals surface area contributed by atoms with E-state index < -0.39 is 0 Å². The van der Waals surface area contributed by atoms with Crippen LogP contribution in [0.15, 0.2) is 24.3 Å². The molecule has 1 aromatic heterocycles. The molecule has 0 saturated heterocycles. The molecule has 80 valence electrons. The molecule has 3 rings (SSSR count). The molecule has 3 nitrogen and oxygen atoms in total. The van der Waals surface area contributed by atoms with E-state index in [0.29, 0.717) is 0 Å². The number of hydrogen-bond donors (Lipinski definition) is 1. The lowest BCUT2D eigenvalue weighted by Gasteiger charge is -2.01. The van der Waals surface area contributed by atoms with Crippen LogP contribution in [0.4, 0.5) is 0 Å². The van der Waals surface area contributed by atoms with Crippen LogP contribution < -0.4 is 0 Å². The van der Waals surface area contributed by atoms with Crippen molar-refractivity contribution in [2.24, 2.45) is 5.41 Å². The van der Waals surface area contributed by atoms with Gasteiger partial charge in [0.15, 0.2) is 0 Å². The van der Waals surface area contributed by atoms with Gasteiger partial charge in [0.05, 0.1) is 22.5 Å². The van der Waals surface area contributed by atoms with Gasteiger partial charge in [0.1, 0.15) is 5.82 Å². The highest BCUT2D eigenvalue weighted by Gasteiger charge is 2.42. The van der Waals surface area contributed by atoms with Crippen molar-refractivity contribution in [3.63, 3.8) is 0 Å². The van der Waals surface area contributed by atoms with E-state index in [9.17, 15) is 0 Å². The van der Waals surface area contributed by atoms with Crippen molar-refractivity contribution in [3.8, 4) is 6.07 Å². The Bertz CT molecular complexity index is 525. The van der Waals surface area contributed by atoms with Crippen LogP contribution in [0.1, 0.15) is 25.1 Å². The number of aromatic amines is 1. The lowest BCUT2D eigenvalue weighted by molar-refractivity contribution is 0.587. The Morgan fingerprint density at radius 1 is 1.38 bits per heavy atom. The molecule has 3 heteroatoms. The summed E-state index contributed by atoms with van der Waals surface area (Å²) in [5.41, 5.74) is 2.07. The SMILES string of the molecule is N#CC1(CCc2nc3ccccc3[nH]2)CC1. The predicted molar refractivity (Wildman–Crippen MR) is 61.7 cm³/mol. The number of benzene rings is 1. The molecule has 0 radical (unpaired) electrons. The van der Waals surface area contributed by atoms with Gasteiger partial charge in [0.25, 0.3) is 0 Å². The second-order valence-corrected chi connectivity index (χ2v) is 4.59. The van der Waals surface area contributed by atoms with E-state index >= 15 is 0 Å². The molecule has 0 atom stereocenters. The minimum absolute atomic E-state index is 0.0288. The molecule has 0 amide bonds. The fourth-order valence-electron chi connectivity index (χ4n) is 2.05. The molecule has 0 unspecified atom stereocenters. The van der Waals surface area contributed by atoms with Crippen molar-refractivity contribution in [3.05, 3.63) is 30.1 Å². The first kappa shape index (κ1) is 9.41. The molecule has 2 aromatic rings. The summed E-state index contributed by atoms with van der Waals surface area (Å²) in [5, 5.41) is 8.99. The number of nitriles is 1. The van der Waals surface area contributed by atoms with Crippen molar-refractivity contribution >= 4 is 11.0 Å². The maximum Gasteiger partial charge on any atom is 0.107 e. The van der Waals surface area contributed by atoms with Crippen LogP contribution >= 0.6 is 0 Å². The van der Waals surface area contributed by atoms with E-state index in [1.54, 1.807) is 0 Å². The van der Waals surface area contributed by atoms with Gasteiger partial charge in [0.2, 0.25) is 0 Å². The van der Waals surface area contributed by atoms with Crippen LogP contribution in [0, 0.1) is 16.7 Å². The Morgan fingerprint density at radius 2 is 2.19 bits per heavy atom. The molecule has 0 bridgehead atoms. The summed E-state index contributed by atoms with van der Waals surface area (Å²) in [6.45, 7) is 0. The molecule has 1 heterocycles. The smallest absolute Gasteiger partial charge is 0.107 e. The first-order valence-electron chi connectivity index (χ1n) is 5.66. The Labute approximate surface area is 94.1 Å². The van der Waals surface area contributed by atoms with Gasteiger partial charge in [-0.2, -0.15) is 5.26 Å². The molecule has 0 aliphatic heterocycles. The molecule has 16 heavy (non-hydrogen) atoms. The van der Waals surface area contributed by atoms with Crippen LogP contribution in [-0.4, -0.2) is 9.97 Å². The largest absolute Gasteiger partial charge is 0.342 e. The number of nitrogens with zero attached hydrogens (tertiary/aromatic N) is 2. The van der Waals surface area contributed by atoms with E-state index in [-0.39, 0.29) is 5.41 Å². The highest BCUT2D eigenvalue weighted by molar-refractivity contribution is 5.74. The summed E-state index contributed by atoms with van der Waals surface area (Å²) < 4.78 is 0. The Morgan fingerprint density at radius 3 is 2.88 bits per heavy atom. The predicted octanol–water partition coefficient (Wildman–Crippen LogP) is 2.80. The minimum Gasteiger partial charge on any atom is -0.342 e. The number of nitrogens with one attached hydrogen (secondary N) is 1. The zero-order valence-corrected chi connectivity index (χ0v) is 9.03. The average molecular weight is 211 g/mol. The second-order valence-electron chi connectivity index (χ2n) is 4.59. The normalized spacial score (nSPS) is 17.2. The summed E-state index contributed by atoms with van der Waals surface area (Å²) in [6.07, 6.45) is 3.93. The average Bonchev–Trinajstić information content (AvgIpc) is 2.98. The molecule has 1 aliphatic carbocycles. The topological polar surface area (TPSA) is 52.5 Å². The van der Waals surface area contributed by atoms with Gasteiger partial charge < -0.3 is 4.98 Å². The quantitative estimate of drug-likeness (QED) is 0.848. The van der Waals surface area contributed by atoms with Crippen LogP contribution in [0.2, 0.25) is 0 Å². The lowest BCUT2D eigenvalue weighted by Crippen LogP contribution is -1.99. The number of imidazole rings is 1. The maximum absolute atomic E-state index is 8.99. The third kappa shape index (κ3) is 1.57. The van der Waals surface area contributed by atoms with Gasteiger partial charge in [-0.05, 0) is 31.4 Å². The Hall–Kier alpha value is -1.82. The summed E-state index contributed by atoms with van der Waals surface area (Å²) in [4.78, 5) is 7.81. The Balaban J connectivity index is 1.78. The van der Waals surface area contributed by atoms with Crippen molar-refractivity contribution in [2.45, 2.75) is 25.7 Å². The molecular formula is C13H13N3. The first-order chi connectivity index (χ1) is 7.81. The van der Waals surface area contributed by atoms with E-state index in [1.165, 1.54) is 0 Å². The molecule has 1 aliphatic rings. The zero-order valence-electron chi connectivity index (χ0n) is 9.03. The van der Waals surface area contributed by atoms with Crippen LogP contribution in [0.25, 0.3) is 11.0 Å². The van der Waals surface area contributed by atoms with Crippen molar-refractivity contribution in [1.29, 1.82) is 5.26 Å². The maximum atomic E-state index is 8.99. The van der Waals surface area contributed by atoms with E-state index in [2.05, 4.69) is 16.0 Å². The lowest BCUT2D eigenvalue weighted by atomic mass is 10.0. The number of H-pyrrole nitrogens is 1. The van der Waals surface area contributed by atoms with Crippen molar-refractivity contribution in [1.82, 2.24) is 9.97 Å². The zero-order chi connectivity index (χ0) is 11.0.